The molecule has 1 aliphatic heterocycles. The van der Waals surface area contributed by atoms with Crippen LogP contribution < -0.4 is 0 Å². The number of hydrogen-bond acceptors (Lipinski definition) is 4. The Labute approximate surface area is 162 Å². The lowest BCUT2D eigenvalue weighted by atomic mass is 9.88. The van der Waals surface area contributed by atoms with Crippen LogP contribution in [0.25, 0.3) is 0 Å². The van der Waals surface area contributed by atoms with Crippen molar-refractivity contribution in [3.8, 4) is 0 Å². The SMILES string of the molecule is CC(=O)c1c(C)nc(C)nc1C1CCN(C(=O)Cc2c(F)cccc2F)CC1. The molecule has 28 heavy (non-hydrogen) atoms. The highest BCUT2D eigenvalue weighted by Crippen LogP contribution is 2.31. The van der Waals surface area contributed by atoms with Crippen LogP contribution in [0.3, 0.4) is 0 Å². The van der Waals surface area contributed by atoms with E-state index in [1.165, 1.54) is 13.0 Å². The molecule has 2 aromatic rings. The van der Waals surface area contributed by atoms with E-state index in [1.807, 2.05) is 0 Å². The molecule has 7 heteroatoms. The fourth-order valence-electron chi connectivity index (χ4n) is 3.84. The highest BCUT2D eigenvalue weighted by Gasteiger charge is 2.29. The molecule has 0 radical (unpaired) electrons. The molecule has 1 aliphatic rings. The van der Waals surface area contributed by atoms with Crippen molar-refractivity contribution in [2.75, 3.05) is 13.1 Å². The molecule has 0 saturated carbocycles. The van der Waals surface area contributed by atoms with Crippen molar-refractivity contribution < 1.29 is 18.4 Å². The molecule has 1 aromatic heterocycles. The molecule has 1 amide bonds. The van der Waals surface area contributed by atoms with Crippen molar-refractivity contribution in [2.45, 2.75) is 46.0 Å². The number of likely N-dealkylation sites (tertiary alicyclic amines) is 1. The Balaban J connectivity index is 1.71. The Kier molecular flexibility index (Phi) is 5.82. The minimum atomic E-state index is -0.707. The first-order valence-electron chi connectivity index (χ1n) is 9.34. The summed E-state index contributed by atoms with van der Waals surface area (Å²) < 4.78 is 27.6. The number of Topliss-reactive ketones (excluding diaryl/α,β-unsaturated/α-hetero) is 1. The molecule has 3 rings (SSSR count). The summed E-state index contributed by atoms with van der Waals surface area (Å²) in [6.45, 7) is 6.02. The molecule has 1 aromatic carbocycles. The van der Waals surface area contributed by atoms with Crippen molar-refractivity contribution in [3.05, 3.63) is 58.2 Å². The van der Waals surface area contributed by atoms with E-state index in [0.717, 1.165) is 17.8 Å². The van der Waals surface area contributed by atoms with E-state index in [0.29, 0.717) is 43.0 Å². The number of carbonyl (C=O) groups excluding carboxylic acids is 2. The second-order valence-corrected chi connectivity index (χ2v) is 7.20. The van der Waals surface area contributed by atoms with Crippen molar-refractivity contribution in [3.63, 3.8) is 0 Å². The number of carbonyl (C=O) groups is 2. The third kappa shape index (κ3) is 4.08. The van der Waals surface area contributed by atoms with Gasteiger partial charge in [-0.25, -0.2) is 18.7 Å². The molecule has 0 bridgehead atoms. The molecule has 0 spiro atoms. The normalized spacial score (nSPS) is 15.0. The van der Waals surface area contributed by atoms with E-state index in [-0.39, 0.29) is 29.6 Å². The second-order valence-electron chi connectivity index (χ2n) is 7.20. The van der Waals surface area contributed by atoms with Gasteiger partial charge in [-0.15, -0.1) is 0 Å². The number of ketones is 1. The monoisotopic (exact) mass is 387 g/mol. The van der Waals surface area contributed by atoms with Crippen molar-refractivity contribution in [2.24, 2.45) is 0 Å². The molecule has 5 nitrogen and oxygen atoms in total. The molecule has 0 unspecified atom stereocenters. The fourth-order valence-corrected chi connectivity index (χ4v) is 3.84. The van der Waals surface area contributed by atoms with E-state index in [9.17, 15) is 18.4 Å². The van der Waals surface area contributed by atoms with Gasteiger partial charge in [0.25, 0.3) is 0 Å². The lowest BCUT2D eigenvalue weighted by Crippen LogP contribution is -2.39. The van der Waals surface area contributed by atoms with Gasteiger partial charge in [-0.05, 0) is 45.7 Å². The maximum atomic E-state index is 13.8. The van der Waals surface area contributed by atoms with Crippen LogP contribution in [-0.4, -0.2) is 39.6 Å². The van der Waals surface area contributed by atoms with Gasteiger partial charge in [-0.1, -0.05) is 6.07 Å². The average Bonchev–Trinajstić information content (AvgIpc) is 2.63. The highest BCUT2D eigenvalue weighted by atomic mass is 19.1. The molecule has 1 fully saturated rings. The standard InChI is InChI=1S/C21H23F2N3O2/c1-12-20(13(2)27)21(25-14(3)24-12)15-7-9-26(10-8-15)19(28)11-16-17(22)5-4-6-18(16)23/h4-6,15H,7-11H2,1-3H3. The van der Waals surface area contributed by atoms with Gasteiger partial charge >= 0.3 is 0 Å². The zero-order chi connectivity index (χ0) is 20.4. The van der Waals surface area contributed by atoms with Crippen LogP contribution in [-0.2, 0) is 11.2 Å². The maximum absolute atomic E-state index is 13.8. The first-order chi connectivity index (χ1) is 13.3. The number of rotatable bonds is 4. The summed E-state index contributed by atoms with van der Waals surface area (Å²) >= 11 is 0. The number of amides is 1. The first-order valence-corrected chi connectivity index (χ1v) is 9.34. The summed E-state index contributed by atoms with van der Waals surface area (Å²) in [5, 5.41) is 0. The minimum absolute atomic E-state index is 0.0496. The molecular formula is C21H23F2N3O2. The van der Waals surface area contributed by atoms with Crippen molar-refractivity contribution >= 4 is 11.7 Å². The first kappa shape index (κ1) is 20.0. The third-order valence-corrected chi connectivity index (χ3v) is 5.21. The van der Waals surface area contributed by atoms with Crippen LogP contribution in [0.4, 0.5) is 8.78 Å². The quantitative estimate of drug-likeness (QED) is 0.753. The second kappa shape index (κ2) is 8.12. The molecule has 0 aliphatic carbocycles. The highest BCUT2D eigenvalue weighted by molar-refractivity contribution is 5.96. The van der Waals surface area contributed by atoms with Crippen LogP contribution >= 0.6 is 0 Å². The zero-order valence-electron chi connectivity index (χ0n) is 16.3. The Morgan fingerprint density at radius 1 is 1.11 bits per heavy atom. The number of aromatic nitrogens is 2. The largest absolute Gasteiger partial charge is 0.342 e. The van der Waals surface area contributed by atoms with Gasteiger partial charge in [0.15, 0.2) is 5.78 Å². The lowest BCUT2D eigenvalue weighted by molar-refractivity contribution is -0.131. The van der Waals surface area contributed by atoms with Gasteiger partial charge in [0.2, 0.25) is 5.91 Å². The number of halogens is 2. The number of nitrogens with zero attached hydrogens (tertiary/aromatic N) is 3. The van der Waals surface area contributed by atoms with Crippen molar-refractivity contribution in [1.82, 2.24) is 14.9 Å². The Hall–Kier alpha value is -2.70. The van der Waals surface area contributed by atoms with Gasteiger partial charge in [0, 0.05) is 24.6 Å². The van der Waals surface area contributed by atoms with E-state index in [4.69, 9.17) is 0 Å². The molecule has 0 N–H and O–H groups in total. The predicted octanol–water partition coefficient (Wildman–Crippen LogP) is 3.52. The summed E-state index contributed by atoms with van der Waals surface area (Å²) in [6, 6.07) is 3.59. The Morgan fingerprint density at radius 2 is 1.71 bits per heavy atom. The Bertz CT molecular complexity index is 902. The van der Waals surface area contributed by atoms with Gasteiger partial charge in [-0.3, -0.25) is 9.59 Å². The number of benzene rings is 1. The van der Waals surface area contributed by atoms with Crippen LogP contribution in [0.1, 0.15) is 58.8 Å². The maximum Gasteiger partial charge on any atom is 0.227 e. The van der Waals surface area contributed by atoms with Gasteiger partial charge < -0.3 is 4.90 Å². The average molecular weight is 387 g/mol. The van der Waals surface area contributed by atoms with Crippen molar-refractivity contribution in [1.29, 1.82) is 0 Å². The summed E-state index contributed by atoms with van der Waals surface area (Å²) in [6.07, 6.45) is 0.983. The summed E-state index contributed by atoms with van der Waals surface area (Å²) in [5.74, 6) is -1.12. The van der Waals surface area contributed by atoms with Crippen LogP contribution in [0.5, 0.6) is 0 Å². The summed E-state index contributed by atoms with van der Waals surface area (Å²) in [5.41, 5.74) is 1.77. The van der Waals surface area contributed by atoms with E-state index < -0.39 is 11.6 Å². The smallest absolute Gasteiger partial charge is 0.227 e. The molecule has 2 heterocycles. The predicted molar refractivity (Wildman–Crippen MR) is 100 cm³/mol. The molecule has 1 saturated heterocycles. The van der Waals surface area contributed by atoms with Crippen LogP contribution in [0.15, 0.2) is 18.2 Å². The number of piperidine rings is 1. The van der Waals surface area contributed by atoms with E-state index >= 15 is 0 Å². The molecular weight excluding hydrogens is 364 g/mol. The molecule has 148 valence electrons. The number of aryl methyl sites for hydroxylation is 2. The van der Waals surface area contributed by atoms with E-state index in [2.05, 4.69) is 9.97 Å². The van der Waals surface area contributed by atoms with Gasteiger partial charge in [-0.2, -0.15) is 0 Å². The zero-order valence-corrected chi connectivity index (χ0v) is 16.3. The third-order valence-electron chi connectivity index (χ3n) is 5.21. The van der Waals surface area contributed by atoms with Gasteiger partial charge in [0.1, 0.15) is 17.5 Å². The van der Waals surface area contributed by atoms with Crippen LogP contribution in [0.2, 0.25) is 0 Å². The van der Waals surface area contributed by atoms with Gasteiger partial charge in [0.05, 0.1) is 23.4 Å². The lowest BCUT2D eigenvalue weighted by Gasteiger charge is -2.32. The minimum Gasteiger partial charge on any atom is -0.342 e. The molecule has 0 atom stereocenters. The topological polar surface area (TPSA) is 63.2 Å². The summed E-state index contributed by atoms with van der Waals surface area (Å²) in [4.78, 5) is 35.0. The fraction of sp³-hybridized carbons (Fsp3) is 0.429. The van der Waals surface area contributed by atoms with E-state index in [1.54, 1.807) is 18.7 Å². The summed E-state index contributed by atoms with van der Waals surface area (Å²) in [7, 11) is 0. The van der Waals surface area contributed by atoms with Crippen LogP contribution in [0, 0.1) is 25.5 Å². The Morgan fingerprint density at radius 3 is 2.29 bits per heavy atom. The number of hydrogen-bond donors (Lipinski definition) is 0.